The van der Waals surface area contributed by atoms with Crippen LogP contribution in [0.25, 0.3) is 77.7 Å². The lowest BCUT2D eigenvalue weighted by atomic mass is 9.89. The summed E-state index contributed by atoms with van der Waals surface area (Å²) in [5.41, 5.74) is 8.80. The zero-order valence-electron chi connectivity index (χ0n) is 22.2. The average Bonchev–Trinajstić information content (AvgIpc) is 3.48. The molecule has 0 aliphatic heterocycles. The van der Waals surface area contributed by atoms with Gasteiger partial charge < -0.3 is 4.42 Å². The number of para-hydroxylation sites is 2. The highest BCUT2D eigenvalue weighted by Gasteiger charge is 2.21. The van der Waals surface area contributed by atoms with Crippen molar-refractivity contribution in [2.24, 2.45) is 0 Å². The normalized spacial score (nSPS) is 11.4. The zero-order chi connectivity index (χ0) is 27.2. The van der Waals surface area contributed by atoms with Crippen LogP contribution in [0.3, 0.4) is 0 Å². The van der Waals surface area contributed by atoms with E-state index in [9.17, 15) is 0 Å². The molecule has 3 heteroatoms. The van der Waals surface area contributed by atoms with E-state index >= 15 is 0 Å². The van der Waals surface area contributed by atoms with Gasteiger partial charge in [-0.2, -0.15) is 0 Å². The van der Waals surface area contributed by atoms with Crippen LogP contribution in [-0.4, -0.2) is 9.97 Å². The molecule has 0 aliphatic carbocycles. The first-order valence-electron chi connectivity index (χ1n) is 13.8. The third kappa shape index (κ3) is 3.98. The van der Waals surface area contributed by atoms with Crippen LogP contribution in [0.2, 0.25) is 0 Å². The van der Waals surface area contributed by atoms with E-state index < -0.39 is 0 Å². The van der Waals surface area contributed by atoms with E-state index in [1.807, 2.05) is 30.3 Å². The molecule has 2 aromatic heterocycles. The van der Waals surface area contributed by atoms with E-state index in [4.69, 9.17) is 14.4 Å². The number of hydrogen-bond acceptors (Lipinski definition) is 3. The third-order valence-corrected chi connectivity index (χ3v) is 7.72. The minimum absolute atomic E-state index is 0.614. The number of nitrogens with zero attached hydrogens (tertiary/aromatic N) is 2. The highest BCUT2D eigenvalue weighted by molar-refractivity contribution is 6.07. The molecule has 0 amide bonds. The fourth-order valence-corrected chi connectivity index (χ4v) is 5.79. The standard InChI is InChI=1S/C38H24N2O/c1-2-13-26(14-3-1)34-24-27-15-5-7-17-29(27)37(39-34)32-19-9-8-18-30(32)31-23-22-25-12-4-6-16-28(25)36(31)38-40-33-20-10-11-21-35(33)41-38/h1-24H. The molecule has 0 fully saturated rings. The number of fused-ring (bicyclic) bond motifs is 3. The first kappa shape index (κ1) is 23.4. The van der Waals surface area contributed by atoms with Gasteiger partial charge in [-0.25, -0.2) is 9.97 Å². The molecule has 0 aliphatic rings. The second kappa shape index (κ2) is 9.58. The second-order valence-corrected chi connectivity index (χ2v) is 10.2. The molecule has 6 aromatic carbocycles. The first-order valence-corrected chi connectivity index (χ1v) is 13.8. The van der Waals surface area contributed by atoms with Crippen molar-refractivity contribution in [2.45, 2.75) is 0 Å². The Morgan fingerprint density at radius 2 is 1.15 bits per heavy atom. The topological polar surface area (TPSA) is 38.9 Å². The van der Waals surface area contributed by atoms with Crippen LogP contribution in [0.5, 0.6) is 0 Å². The zero-order valence-corrected chi connectivity index (χ0v) is 22.2. The van der Waals surface area contributed by atoms with E-state index in [0.29, 0.717) is 5.89 Å². The second-order valence-electron chi connectivity index (χ2n) is 10.2. The van der Waals surface area contributed by atoms with E-state index in [2.05, 4.69) is 115 Å². The van der Waals surface area contributed by atoms with Gasteiger partial charge in [0.2, 0.25) is 5.89 Å². The Labute approximate surface area is 237 Å². The minimum Gasteiger partial charge on any atom is -0.436 e. The summed E-state index contributed by atoms with van der Waals surface area (Å²) in [6.45, 7) is 0. The maximum atomic E-state index is 6.39. The number of rotatable bonds is 4. The Kier molecular flexibility index (Phi) is 5.46. The number of pyridine rings is 1. The maximum Gasteiger partial charge on any atom is 0.228 e. The van der Waals surface area contributed by atoms with Crippen molar-refractivity contribution in [3.63, 3.8) is 0 Å². The van der Waals surface area contributed by atoms with Crippen LogP contribution in [0.4, 0.5) is 0 Å². The molecule has 0 N–H and O–H groups in total. The molecule has 41 heavy (non-hydrogen) atoms. The summed E-state index contributed by atoms with van der Waals surface area (Å²) in [6.07, 6.45) is 0. The van der Waals surface area contributed by atoms with Gasteiger partial charge in [-0.1, -0.05) is 127 Å². The number of benzene rings is 6. The minimum atomic E-state index is 0.614. The predicted molar refractivity (Wildman–Crippen MR) is 169 cm³/mol. The Morgan fingerprint density at radius 1 is 0.463 bits per heavy atom. The van der Waals surface area contributed by atoms with Gasteiger partial charge in [-0.15, -0.1) is 0 Å². The lowest BCUT2D eigenvalue weighted by Gasteiger charge is -2.17. The van der Waals surface area contributed by atoms with Crippen LogP contribution in [0.15, 0.2) is 150 Å². The fourth-order valence-electron chi connectivity index (χ4n) is 5.79. The highest BCUT2D eigenvalue weighted by Crippen LogP contribution is 2.43. The van der Waals surface area contributed by atoms with Crippen LogP contribution in [-0.2, 0) is 0 Å². The van der Waals surface area contributed by atoms with Gasteiger partial charge in [-0.3, -0.25) is 0 Å². The van der Waals surface area contributed by atoms with Gasteiger partial charge >= 0.3 is 0 Å². The van der Waals surface area contributed by atoms with Crippen LogP contribution in [0.1, 0.15) is 0 Å². The summed E-state index contributed by atoms with van der Waals surface area (Å²) in [4.78, 5) is 10.2. The Balaban J connectivity index is 1.43. The SMILES string of the molecule is c1ccc(-c2cc3ccccc3c(-c3ccccc3-c3ccc4ccccc4c3-c3nc4ccccc4o3)n2)cc1. The average molecular weight is 525 g/mol. The van der Waals surface area contributed by atoms with Gasteiger partial charge in [0, 0.05) is 16.5 Å². The lowest BCUT2D eigenvalue weighted by Crippen LogP contribution is -1.95. The molecule has 8 rings (SSSR count). The number of oxazole rings is 1. The monoisotopic (exact) mass is 524 g/mol. The maximum absolute atomic E-state index is 6.39. The van der Waals surface area contributed by atoms with E-state index in [0.717, 1.165) is 71.8 Å². The molecule has 0 unspecified atom stereocenters. The van der Waals surface area contributed by atoms with Crippen LogP contribution < -0.4 is 0 Å². The molecule has 0 spiro atoms. The van der Waals surface area contributed by atoms with Gasteiger partial charge in [0.05, 0.1) is 17.0 Å². The molecular formula is C38H24N2O. The Hall–Kier alpha value is -5.54. The van der Waals surface area contributed by atoms with Gasteiger partial charge in [-0.05, 0) is 45.5 Å². The molecule has 3 nitrogen and oxygen atoms in total. The predicted octanol–water partition coefficient (Wildman–Crippen LogP) is 10.2. The quantitative estimate of drug-likeness (QED) is 0.230. The van der Waals surface area contributed by atoms with Crippen molar-refractivity contribution in [3.05, 3.63) is 146 Å². The molecule has 0 saturated carbocycles. The summed E-state index contributed by atoms with van der Waals surface area (Å²) in [7, 11) is 0. The molecule has 0 bridgehead atoms. The summed E-state index contributed by atoms with van der Waals surface area (Å²) >= 11 is 0. The van der Waals surface area contributed by atoms with Crippen molar-refractivity contribution < 1.29 is 4.42 Å². The smallest absolute Gasteiger partial charge is 0.228 e. The molecule has 8 aromatic rings. The molecule has 2 heterocycles. The Bertz CT molecular complexity index is 2180. The summed E-state index contributed by atoms with van der Waals surface area (Å²) in [6, 6.07) is 50.3. The number of hydrogen-bond donors (Lipinski definition) is 0. The summed E-state index contributed by atoms with van der Waals surface area (Å²) in [5.74, 6) is 0.614. The van der Waals surface area contributed by atoms with E-state index in [1.54, 1.807) is 0 Å². The van der Waals surface area contributed by atoms with Gasteiger partial charge in [0.15, 0.2) is 5.58 Å². The Morgan fingerprint density at radius 3 is 2.00 bits per heavy atom. The molecule has 0 radical (unpaired) electrons. The first-order chi connectivity index (χ1) is 20.3. The van der Waals surface area contributed by atoms with Crippen molar-refractivity contribution in [1.29, 1.82) is 0 Å². The van der Waals surface area contributed by atoms with E-state index in [-0.39, 0.29) is 0 Å². The van der Waals surface area contributed by atoms with Crippen molar-refractivity contribution >= 4 is 32.6 Å². The van der Waals surface area contributed by atoms with Gasteiger partial charge in [0.25, 0.3) is 0 Å². The summed E-state index contributed by atoms with van der Waals surface area (Å²) < 4.78 is 6.39. The van der Waals surface area contributed by atoms with Crippen molar-refractivity contribution in [1.82, 2.24) is 9.97 Å². The van der Waals surface area contributed by atoms with Gasteiger partial charge in [0.1, 0.15) is 5.52 Å². The largest absolute Gasteiger partial charge is 0.436 e. The fraction of sp³-hybridized carbons (Fsp3) is 0. The highest BCUT2D eigenvalue weighted by atomic mass is 16.3. The molecule has 0 saturated heterocycles. The van der Waals surface area contributed by atoms with Crippen LogP contribution in [0, 0.1) is 0 Å². The molecular weight excluding hydrogens is 500 g/mol. The summed E-state index contributed by atoms with van der Waals surface area (Å²) in [5, 5.41) is 4.51. The van der Waals surface area contributed by atoms with E-state index in [1.165, 1.54) is 0 Å². The van der Waals surface area contributed by atoms with Crippen molar-refractivity contribution in [2.75, 3.05) is 0 Å². The van der Waals surface area contributed by atoms with Crippen LogP contribution >= 0.6 is 0 Å². The lowest BCUT2D eigenvalue weighted by molar-refractivity contribution is 0.621. The molecule has 0 atom stereocenters. The number of aromatic nitrogens is 2. The molecule has 192 valence electrons. The van der Waals surface area contributed by atoms with Crippen molar-refractivity contribution in [3.8, 4) is 45.1 Å². The third-order valence-electron chi connectivity index (χ3n) is 7.72.